The Hall–Kier alpha value is -2.31. The van der Waals surface area contributed by atoms with Crippen LogP contribution in [0.25, 0.3) is 10.9 Å². The SMILES string of the molecule is O=C(Nc1ccc(Br)cc1)NC1CCC(Nc2ccnc3cc(Cl)ccc23)CC1. The summed E-state index contributed by atoms with van der Waals surface area (Å²) >= 11 is 9.47. The van der Waals surface area contributed by atoms with Gasteiger partial charge in [-0.25, -0.2) is 4.79 Å². The van der Waals surface area contributed by atoms with Crippen LogP contribution in [0.1, 0.15) is 25.7 Å². The van der Waals surface area contributed by atoms with E-state index in [-0.39, 0.29) is 12.1 Å². The van der Waals surface area contributed by atoms with Gasteiger partial charge in [-0.1, -0.05) is 27.5 Å². The zero-order chi connectivity index (χ0) is 20.2. The third-order valence-corrected chi connectivity index (χ3v) is 5.99. The number of hydrogen-bond donors (Lipinski definition) is 3. The van der Waals surface area contributed by atoms with E-state index in [9.17, 15) is 4.79 Å². The molecule has 150 valence electrons. The number of halogens is 2. The Labute approximate surface area is 183 Å². The van der Waals surface area contributed by atoms with Crippen LogP contribution >= 0.6 is 27.5 Å². The predicted molar refractivity (Wildman–Crippen MR) is 123 cm³/mol. The highest BCUT2D eigenvalue weighted by atomic mass is 79.9. The molecule has 4 rings (SSSR count). The molecule has 0 unspecified atom stereocenters. The molecule has 5 nitrogen and oxygen atoms in total. The third kappa shape index (κ3) is 5.19. The smallest absolute Gasteiger partial charge is 0.319 e. The Morgan fingerprint density at radius 1 is 1.00 bits per heavy atom. The molecule has 1 saturated carbocycles. The lowest BCUT2D eigenvalue weighted by Gasteiger charge is -2.30. The Balaban J connectivity index is 1.29. The highest BCUT2D eigenvalue weighted by molar-refractivity contribution is 9.10. The van der Waals surface area contributed by atoms with Gasteiger partial charge in [-0.15, -0.1) is 0 Å². The Morgan fingerprint density at radius 2 is 1.72 bits per heavy atom. The van der Waals surface area contributed by atoms with Gasteiger partial charge in [0.1, 0.15) is 0 Å². The molecule has 2 aromatic carbocycles. The number of benzene rings is 2. The summed E-state index contributed by atoms with van der Waals surface area (Å²) in [6.45, 7) is 0. The second kappa shape index (κ2) is 9.01. The monoisotopic (exact) mass is 472 g/mol. The fourth-order valence-electron chi connectivity index (χ4n) is 3.73. The molecular weight excluding hydrogens is 452 g/mol. The van der Waals surface area contributed by atoms with E-state index >= 15 is 0 Å². The molecule has 0 atom stereocenters. The van der Waals surface area contributed by atoms with Crippen molar-refractivity contribution in [3.8, 4) is 0 Å². The maximum atomic E-state index is 12.2. The molecule has 0 bridgehead atoms. The van der Waals surface area contributed by atoms with Crippen molar-refractivity contribution in [1.29, 1.82) is 0 Å². The summed E-state index contributed by atoms with van der Waals surface area (Å²) in [6.07, 6.45) is 5.70. The van der Waals surface area contributed by atoms with Gasteiger partial charge in [-0.05, 0) is 74.2 Å². The number of fused-ring (bicyclic) bond motifs is 1. The van der Waals surface area contributed by atoms with E-state index in [0.717, 1.165) is 52.4 Å². The molecule has 3 aromatic rings. The first-order valence-corrected chi connectivity index (χ1v) is 10.9. The van der Waals surface area contributed by atoms with Crippen molar-refractivity contribution in [2.75, 3.05) is 10.6 Å². The van der Waals surface area contributed by atoms with Crippen LogP contribution in [0.4, 0.5) is 16.2 Å². The second-order valence-corrected chi connectivity index (χ2v) is 8.67. The van der Waals surface area contributed by atoms with Crippen LogP contribution in [0.15, 0.2) is 59.2 Å². The number of pyridine rings is 1. The molecule has 1 heterocycles. The lowest BCUT2D eigenvalue weighted by molar-refractivity contribution is 0.243. The molecule has 0 spiro atoms. The van der Waals surface area contributed by atoms with Gasteiger partial charge >= 0.3 is 6.03 Å². The van der Waals surface area contributed by atoms with Gasteiger partial charge in [0.2, 0.25) is 0 Å². The number of aromatic nitrogens is 1. The fraction of sp³-hybridized carbons (Fsp3) is 0.273. The van der Waals surface area contributed by atoms with Crippen molar-refractivity contribution in [1.82, 2.24) is 10.3 Å². The van der Waals surface area contributed by atoms with Crippen molar-refractivity contribution in [2.45, 2.75) is 37.8 Å². The van der Waals surface area contributed by atoms with E-state index in [4.69, 9.17) is 11.6 Å². The van der Waals surface area contributed by atoms with Crippen LogP contribution in [0, 0.1) is 0 Å². The fourth-order valence-corrected chi connectivity index (χ4v) is 4.17. The maximum absolute atomic E-state index is 12.2. The molecule has 1 aliphatic carbocycles. The summed E-state index contributed by atoms with van der Waals surface area (Å²) in [6, 6.07) is 15.8. The van der Waals surface area contributed by atoms with E-state index in [2.05, 4.69) is 36.9 Å². The zero-order valence-corrected chi connectivity index (χ0v) is 18.1. The highest BCUT2D eigenvalue weighted by Crippen LogP contribution is 2.28. The van der Waals surface area contributed by atoms with Crippen LogP contribution in [-0.2, 0) is 0 Å². The van der Waals surface area contributed by atoms with Crippen LogP contribution in [-0.4, -0.2) is 23.1 Å². The molecule has 1 fully saturated rings. The Kier molecular flexibility index (Phi) is 6.21. The van der Waals surface area contributed by atoms with Gasteiger partial charge in [-0.3, -0.25) is 4.98 Å². The average Bonchev–Trinajstić information content (AvgIpc) is 2.71. The summed E-state index contributed by atoms with van der Waals surface area (Å²) in [7, 11) is 0. The highest BCUT2D eigenvalue weighted by Gasteiger charge is 2.22. The Bertz CT molecular complexity index is 1000. The summed E-state index contributed by atoms with van der Waals surface area (Å²) < 4.78 is 0.986. The van der Waals surface area contributed by atoms with Crippen molar-refractivity contribution in [3.05, 3.63) is 64.2 Å². The van der Waals surface area contributed by atoms with Gasteiger partial charge in [0.15, 0.2) is 0 Å². The first kappa shape index (κ1) is 20.0. The van der Waals surface area contributed by atoms with Crippen molar-refractivity contribution < 1.29 is 4.79 Å². The topological polar surface area (TPSA) is 66.1 Å². The summed E-state index contributed by atoms with van der Waals surface area (Å²) in [5.41, 5.74) is 2.75. The van der Waals surface area contributed by atoms with Crippen LogP contribution in [0.3, 0.4) is 0 Å². The van der Waals surface area contributed by atoms with E-state index in [1.807, 2.05) is 48.5 Å². The number of amides is 2. The van der Waals surface area contributed by atoms with E-state index in [1.165, 1.54) is 0 Å². The van der Waals surface area contributed by atoms with Crippen LogP contribution in [0.5, 0.6) is 0 Å². The molecule has 0 aliphatic heterocycles. The van der Waals surface area contributed by atoms with Crippen molar-refractivity contribution in [3.63, 3.8) is 0 Å². The number of rotatable bonds is 4. The molecule has 1 aliphatic rings. The van der Waals surface area contributed by atoms with Crippen molar-refractivity contribution >= 4 is 55.8 Å². The Morgan fingerprint density at radius 3 is 2.48 bits per heavy atom. The number of nitrogens with zero attached hydrogens (tertiary/aromatic N) is 1. The molecule has 7 heteroatoms. The molecule has 1 aromatic heterocycles. The number of nitrogens with one attached hydrogen (secondary N) is 3. The zero-order valence-electron chi connectivity index (χ0n) is 15.8. The number of carbonyl (C=O) groups excluding carboxylic acids is 1. The maximum Gasteiger partial charge on any atom is 0.319 e. The number of carbonyl (C=O) groups is 1. The summed E-state index contributed by atoms with van der Waals surface area (Å²) in [5.74, 6) is 0. The largest absolute Gasteiger partial charge is 0.382 e. The lowest BCUT2D eigenvalue weighted by atomic mass is 9.91. The minimum atomic E-state index is -0.152. The lowest BCUT2D eigenvalue weighted by Crippen LogP contribution is -2.42. The molecule has 29 heavy (non-hydrogen) atoms. The third-order valence-electron chi connectivity index (χ3n) is 5.23. The van der Waals surface area contributed by atoms with Crippen LogP contribution in [0.2, 0.25) is 5.02 Å². The van der Waals surface area contributed by atoms with E-state index < -0.39 is 0 Å². The van der Waals surface area contributed by atoms with Gasteiger partial charge in [0.05, 0.1) is 5.52 Å². The summed E-state index contributed by atoms with van der Waals surface area (Å²) in [4.78, 5) is 16.6. The average molecular weight is 474 g/mol. The van der Waals surface area contributed by atoms with Crippen LogP contribution < -0.4 is 16.0 Å². The standard InChI is InChI=1S/C22H22BrClN4O/c23-14-1-4-17(5-2-14)27-22(29)28-18-8-6-16(7-9-18)26-20-11-12-25-21-13-15(24)3-10-19(20)21/h1-5,10-13,16,18H,6-9H2,(H,25,26)(H2,27,28,29). The van der Waals surface area contributed by atoms with Gasteiger partial charge in [0, 0.05) is 44.5 Å². The van der Waals surface area contributed by atoms with Gasteiger partial charge < -0.3 is 16.0 Å². The number of hydrogen-bond acceptors (Lipinski definition) is 3. The quantitative estimate of drug-likeness (QED) is 0.423. The number of anilines is 2. The first-order chi connectivity index (χ1) is 14.1. The second-order valence-electron chi connectivity index (χ2n) is 7.32. The molecule has 2 amide bonds. The molecular formula is C22H22BrClN4O. The summed E-state index contributed by atoms with van der Waals surface area (Å²) in [5, 5.41) is 11.4. The van der Waals surface area contributed by atoms with E-state index in [1.54, 1.807) is 6.20 Å². The minimum Gasteiger partial charge on any atom is -0.382 e. The predicted octanol–water partition coefficient (Wildman–Crippen LogP) is 6.20. The normalized spacial score (nSPS) is 19.0. The van der Waals surface area contributed by atoms with Gasteiger partial charge in [0.25, 0.3) is 0 Å². The molecule has 3 N–H and O–H groups in total. The molecule has 0 saturated heterocycles. The van der Waals surface area contributed by atoms with Gasteiger partial charge in [-0.2, -0.15) is 0 Å². The number of urea groups is 1. The minimum absolute atomic E-state index is 0.152. The van der Waals surface area contributed by atoms with Crippen molar-refractivity contribution in [2.24, 2.45) is 0 Å². The first-order valence-electron chi connectivity index (χ1n) is 9.71. The molecule has 0 radical (unpaired) electrons. The van der Waals surface area contributed by atoms with E-state index in [0.29, 0.717) is 11.1 Å².